The van der Waals surface area contributed by atoms with Crippen molar-refractivity contribution in [3.63, 3.8) is 0 Å². The SMILES string of the molecule is Cc1c(CNC(=O)C2CNCCO2)oc2ccc(F)cc12.Cl. The second-order valence-electron chi connectivity index (χ2n) is 5.07. The summed E-state index contributed by atoms with van der Waals surface area (Å²) in [4.78, 5) is 12.0. The summed E-state index contributed by atoms with van der Waals surface area (Å²) in [6.07, 6.45) is -0.471. The fourth-order valence-corrected chi connectivity index (χ4v) is 2.43. The molecule has 120 valence electrons. The summed E-state index contributed by atoms with van der Waals surface area (Å²) in [5.74, 6) is 0.157. The molecule has 1 saturated heterocycles. The maximum absolute atomic E-state index is 13.2. The van der Waals surface area contributed by atoms with E-state index in [0.717, 1.165) is 17.5 Å². The van der Waals surface area contributed by atoms with Crippen molar-refractivity contribution in [2.24, 2.45) is 0 Å². The summed E-state index contributed by atoms with van der Waals surface area (Å²) in [7, 11) is 0. The maximum Gasteiger partial charge on any atom is 0.250 e. The fraction of sp³-hybridized carbons (Fsp3) is 0.400. The van der Waals surface area contributed by atoms with Gasteiger partial charge in [0.25, 0.3) is 5.91 Å². The summed E-state index contributed by atoms with van der Waals surface area (Å²) in [6.45, 7) is 3.92. The number of aryl methyl sites for hydroxylation is 1. The number of carbonyl (C=O) groups excluding carboxylic acids is 1. The van der Waals surface area contributed by atoms with Gasteiger partial charge in [0.2, 0.25) is 0 Å². The molecule has 1 unspecified atom stereocenters. The molecular weight excluding hydrogens is 311 g/mol. The van der Waals surface area contributed by atoms with E-state index in [-0.39, 0.29) is 30.7 Å². The predicted molar refractivity (Wildman–Crippen MR) is 82.6 cm³/mol. The molecule has 2 aromatic rings. The minimum Gasteiger partial charge on any atom is -0.459 e. The minimum absolute atomic E-state index is 0. The van der Waals surface area contributed by atoms with Gasteiger partial charge < -0.3 is 19.8 Å². The average Bonchev–Trinajstić information content (AvgIpc) is 2.82. The number of halogens is 2. The minimum atomic E-state index is -0.471. The number of hydrogen-bond acceptors (Lipinski definition) is 4. The number of nitrogens with one attached hydrogen (secondary N) is 2. The molecule has 1 aliphatic heterocycles. The Bertz CT molecular complexity index is 668. The number of hydrogen-bond donors (Lipinski definition) is 2. The van der Waals surface area contributed by atoms with Crippen LogP contribution >= 0.6 is 12.4 Å². The van der Waals surface area contributed by atoms with Gasteiger partial charge in [-0.3, -0.25) is 4.79 Å². The molecular formula is C15H18ClFN2O3. The molecule has 0 radical (unpaired) electrons. The van der Waals surface area contributed by atoms with E-state index in [0.29, 0.717) is 24.5 Å². The second-order valence-corrected chi connectivity index (χ2v) is 5.07. The molecule has 0 bridgehead atoms. The summed E-state index contributed by atoms with van der Waals surface area (Å²) < 4.78 is 24.3. The van der Waals surface area contributed by atoms with E-state index in [2.05, 4.69) is 10.6 Å². The van der Waals surface area contributed by atoms with Crippen LogP contribution < -0.4 is 10.6 Å². The predicted octanol–water partition coefficient (Wildman–Crippen LogP) is 1.91. The van der Waals surface area contributed by atoms with E-state index in [1.807, 2.05) is 6.92 Å². The highest BCUT2D eigenvalue weighted by atomic mass is 35.5. The first kappa shape index (κ1) is 16.7. The van der Waals surface area contributed by atoms with E-state index in [9.17, 15) is 9.18 Å². The number of fused-ring (bicyclic) bond motifs is 1. The van der Waals surface area contributed by atoms with Crippen LogP contribution in [0.25, 0.3) is 11.0 Å². The van der Waals surface area contributed by atoms with Gasteiger partial charge in [-0.2, -0.15) is 0 Å². The van der Waals surface area contributed by atoms with Crippen LogP contribution in [0.3, 0.4) is 0 Å². The molecule has 1 aromatic heterocycles. The molecule has 2 heterocycles. The number of furan rings is 1. The zero-order valence-electron chi connectivity index (χ0n) is 12.1. The largest absolute Gasteiger partial charge is 0.459 e. The molecule has 1 aliphatic rings. The van der Waals surface area contributed by atoms with Crippen LogP contribution in [-0.4, -0.2) is 31.7 Å². The Kier molecular flexibility index (Phi) is 5.39. The summed E-state index contributed by atoms with van der Waals surface area (Å²) >= 11 is 0. The van der Waals surface area contributed by atoms with Crippen LogP contribution in [0.1, 0.15) is 11.3 Å². The highest BCUT2D eigenvalue weighted by molar-refractivity contribution is 5.85. The summed E-state index contributed by atoms with van der Waals surface area (Å²) in [5.41, 5.74) is 1.46. The number of morpholine rings is 1. The van der Waals surface area contributed by atoms with E-state index >= 15 is 0 Å². The molecule has 7 heteroatoms. The normalized spacial score (nSPS) is 18.0. The Morgan fingerprint density at radius 1 is 1.50 bits per heavy atom. The lowest BCUT2D eigenvalue weighted by molar-refractivity contribution is -0.134. The number of rotatable bonds is 3. The van der Waals surface area contributed by atoms with Crippen molar-refractivity contribution < 1.29 is 18.3 Å². The van der Waals surface area contributed by atoms with Crippen molar-refractivity contribution in [3.05, 3.63) is 35.3 Å². The first-order chi connectivity index (χ1) is 10.1. The van der Waals surface area contributed by atoms with Gasteiger partial charge in [-0.15, -0.1) is 12.4 Å². The maximum atomic E-state index is 13.2. The van der Waals surface area contributed by atoms with Crippen molar-refractivity contribution in [1.82, 2.24) is 10.6 Å². The van der Waals surface area contributed by atoms with E-state index in [4.69, 9.17) is 9.15 Å². The van der Waals surface area contributed by atoms with Crippen molar-refractivity contribution in [1.29, 1.82) is 0 Å². The van der Waals surface area contributed by atoms with Gasteiger partial charge in [0.1, 0.15) is 23.3 Å². The fourth-order valence-electron chi connectivity index (χ4n) is 2.43. The van der Waals surface area contributed by atoms with Gasteiger partial charge in [0, 0.05) is 24.0 Å². The summed E-state index contributed by atoms with van der Waals surface area (Å²) in [6, 6.07) is 4.39. The van der Waals surface area contributed by atoms with Gasteiger partial charge in [-0.1, -0.05) is 0 Å². The van der Waals surface area contributed by atoms with Crippen LogP contribution in [0.15, 0.2) is 22.6 Å². The molecule has 2 N–H and O–H groups in total. The third-order valence-corrected chi connectivity index (χ3v) is 3.64. The van der Waals surface area contributed by atoms with E-state index in [1.54, 1.807) is 6.07 Å². The Labute approximate surface area is 133 Å². The van der Waals surface area contributed by atoms with Crippen molar-refractivity contribution >= 4 is 29.3 Å². The van der Waals surface area contributed by atoms with Crippen molar-refractivity contribution in [3.8, 4) is 0 Å². The molecule has 1 aromatic carbocycles. The molecule has 1 fully saturated rings. The monoisotopic (exact) mass is 328 g/mol. The second kappa shape index (κ2) is 7.09. The highest BCUT2D eigenvalue weighted by Gasteiger charge is 2.22. The topological polar surface area (TPSA) is 63.5 Å². The third-order valence-electron chi connectivity index (χ3n) is 3.64. The third kappa shape index (κ3) is 3.40. The number of carbonyl (C=O) groups is 1. The van der Waals surface area contributed by atoms with Crippen LogP contribution in [0.4, 0.5) is 4.39 Å². The van der Waals surface area contributed by atoms with Gasteiger partial charge in [0.15, 0.2) is 0 Å². The molecule has 3 rings (SSSR count). The first-order valence-corrected chi connectivity index (χ1v) is 6.92. The quantitative estimate of drug-likeness (QED) is 0.903. The molecule has 5 nitrogen and oxygen atoms in total. The van der Waals surface area contributed by atoms with E-state index in [1.165, 1.54) is 12.1 Å². The number of amides is 1. The van der Waals surface area contributed by atoms with Gasteiger partial charge in [0.05, 0.1) is 13.2 Å². The molecule has 0 spiro atoms. The van der Waals surface area contributed by atoms with Gasteiger partial charge in [-0.25, -0.2) is 4.39 Å². The number of benzene rings is 1. The Balaban J connectivity index is 0.00000176. The van der Waals surface area contributed by atoms with Crippen molar-refractivity contribution in [2.75, 3.05) is 19.7 Å². The summed E-state index contributed by atoms with van der Waals surface area (Å²) in [5, 5.41) is 6.63. The Morgan fingerprint density at radius 2 is 2.32 bits per heavy atom. The zero-order chi connectivity index (χ0) is 14.8. The van der Waals surface area contributed by atoms with Gasteiger partial charge >= 0.3 is 0 Å². The molecule has 0 saturated carbocycles. The smallest absolute Gasteiger partial charge is 0.250 e. The zero-order valence-corrected chi connectivity index (χ0v) is 13.0. The lowest BCUT2D eigenvalue weighted by atomic mass is 10.1. The molecule has 1 atom stereocenters. The molecule has 22 heavy (non-hydrogen) atoms. The Hall–Kier alpha value is -1.63. The molecule has 1 amide bonds. The van der Waals surface area contributed by atoms with Crippen LogP contribution in [0, 0.1) is 12.7 Å². The standard InChI is InChI=1S/C15H17FN2O3.ClH/c1-9-11-6-10(16)2-3-12(11)21-13(9)8-18-15(19)14-7-17-4-5-20-14;/h2-3,6,14,17H,4-5,7-8H2,1H3,(H,18,19);1H. The number of ether oxygens (including phenoxy) is 1. The van der Waals surface area contributed by atoms with Gasteiger partial charge in [-0.05, 0) is 25.1 Å². The average molecular weight is 329 g/mol. The lowest BCUT2D eigenvalue weighted by Gasteiger charge is -2.22. The van der Waals surface area contributed by atoms with E-state index < -0.39 is 6.10 Å². The Morgan fingerprint density at radius 3 is 3.05 bits per heavy atom. The van der Waals surface area contributed by atoms with Crippen LogP contribution in [-0.2, 0) is 16.1 Å². The van der Waals surface area contributed by atoms with Crippen molar-refractivity contribution in [2.45, 2.75) is 19.6 Å². The first-order valence-electron chi connectivity index (χ1n) is 6.92. The lowest BCUT2D eigenvalue weighted by Crippen LogP contribution is -2.47. The van der Waals surface area contributed by atoms with Crippen LogP contribution in [0.5, 0.6) is 0 Å². The van der Waals surface area contributed by atoms with Crippen LogP contribution in [0.2, 0.25) is 0 Å². The highest BCUT2D eigenvalue weighted by Crippen LogP contribution is 2.25. The molecule has 0 aliphatic carbocycles.